The Labute approximate surface area is 80.3 Å². The largest absolute Gasteiger partial charge is 0.389 e. The van der Waals surface area contributed by atoms with Gasteiger partial charge in [-0.05, 0) is 12.8 Å². The highest BCUT2D eigenvalue weighted by atomic mass is 16.3. The lowest BCUT2D eigenvalue weighted by Crippen LogP contribution is -2.30. The topological polar surface area (TPSA) is 23.2 Å². The normalized spacial score (nSPS) is 29.8. The Kier molecular flexibility index (Phi) is 2.99. The van der Waals surface area contributed by atoms with Crippen LogP contribution in [0.4, 0.5) is 0 Å². The summed E-state index contributed by atoms with van der Waals surface area (Å²) in [4.78, 5) is 0. The second-order valence-corrected chi connectivity index (χ2v) is 4.30. The average molecular weight is 182 g/mol. The zero-order valence-corrected chi connectivity index (χ0v) is 8.34. The lowest BCUT2D eigenvalue weighted by Gasteiger charge is -2.14. The molecule has 74 valence electrons. The molecule has 2 rings (SSSR count). The van der Waals surface area contributed by atoms with Crippen LogP contribution in [0.25, 0.3) is 0 Å². The number of hydrogen-bond acceptors (Lipinski definition) is 1. The maximum absolute atomic E-state index is 9.21. The first-order valence-electron chi connectivity index (χ1n) is 5.64. The van der Waals surface area contributed by atoms with E-state index in [0.29, 0.717) is 12.6 Å². The Morgan fingerprint density at radius 1 is 1.15 bits per heavy atom. The average Bonchev–Trinajstić information content (AvgIpc) is 2.67. The van der Waals surface area contributed by atoms with Crippen molar-refractivity contribution in [3.05, 3.63) is 0 Å². The van der Waals surface area contributed by atoms with Crippen LogP contribution in [-0.4, -0.2) is 34.6 Å². The number of hydrogen-bond donors (Lipinski definition) is 1. The molecular weight excluding hydrogens is 162 g/mol. The van der Waals surface area contributed by atoms with E-state index in [9.17, 15) is 5.11 Å². The summed E-state index contributed by atoms with van der Waals surface area (Å²) in [6.07, 6.45) is 9.18. The minimum atomic E-state index is 0.351. The number of aliphatic hydroxyl groups excluding tert-OH is 1. The number of nitrogens with zero attached hydrogens (tertiary/aromatic N) is 1. The van der Waals surface area contributed by atoms with Crippen molar-refractivity contribution in [2.24, 2.45) is 0 Å². The molecule has 0 spiro atoms. The molecule has 1 heterocycles. The van der Waals surface area contributed by atoms with Gasteiger partial charge in [-0.2, -0.15) is 0 Å². The molecule has 0 aromatic heterocycles. The summed E-state index contributed by atoms with van der Waals surface area (Å²) < 4.78 is 2.49. The maximum Gasteiger partial charge on any atom is 0.175 e. The van der Waals surface area contributed by atoms with Crippen LogP contribution in [0.1, 0.15) is 44.9 Å². The third-order valence-electron chi connectivity index (χ3n) is 3.42. The molecule has 0 amide bonds. The molecule has 2 nitrogen and oxygen atoms in total. The summed E-state index contributed by atoms with van der Waals surface area (Å²) >= 11 is 0. The lowest BCUT2D eigenvalue weighted by molar-refractivity contribution is -0.549. The van der Waals surface area contributed by atoms with Crippen molar-refractivity contribution >= 4 is 5.71 Å². The van der Waals surface area contributed by atoms with Crippen LogP contribution in [0.15, 0.2) is 0 Å². The van der Waals surface area contributed by atoms with Crippen molar-refractivity contribution in [2.75, 3.05) is 13.2 Å². The third-order valence-corrected chi connectivity index (χ3v) is 3.42. The molecule has 1 saturated carbocycles. The van der Waals surface area contributed by atoms with Crippen LogP contribution in [0.2, 0.25) is 0 Å². The molecule has 1 N–H and O–H groups in total. The van der Waals surface area contributed by atoms with E-state index in [4.69, 9.17) is 0 Å². The summed E-state index contributed by atoms with van der Waals surface area (Å²) in [6.45, 7) is 1.55. The summed E-state index contributed by atoms with van der Waals surface area (Å²) in [6, 6.07) is 0.452. The number of aliphatic hydroxyl groups is 1. The van der Waals surface area contributed by atoms with E-state index in [1.807, 2.05) is 0 Å². The summed E-state index contributed by atoms with van der Waals surface area (Å²) in [5, 5.41) is 9.21. The predicted octanol–water partition coefficient (Wildman–Crippen LogP) is 1.56. The van der Waals surface area contributed by atoms with E-state index >= 15 is 0 Å². The predicted molar refractivity (Wildman–Crippen MR) is 53.3 cm³/mol. The van der Waals surface area contributed by atoms with Gasteiger partial charge in [-0.25, -0.2) is 4.58 Å². The smallest absolute Gasteiger partial charge is 0.175 e. The Morgan fingerprint density at radius 3 is 2.62 bits per heavy atom. The summed E-state index contributed by atoms with van der Waals surface area (Å²) in [7, 11) is 0. The number of rotatable bonds is 1. The van der Waals surface area contributed by atoms with Crippen LogP contribution in [-0.2, 0) is 0 Å². The van der Waals surface area contributed by atoms with Gasteiger partial charge >= 0.3 is 0 Å². The first kappa shape index (κ1) is 9.20. The van der Waals surface area contributed by atoms with E-state index < -0.39 is 0 Å². The van der Waals surface area contributed by atoms with Crippen molar-refractivity contribution in [1.82, 2.24) is 0 Å². The van der Waals surface area contributed by atoms with Crippen molar-refractivity contribution in [3.63, 3.8) is 0 Å². The van der Waals surface area contributed by atoms with Crippen LogP contribution in [0, 0.1) is 0 Å². The highest BCUT2D eigenvalue weighted by molar-refractivity contribution is 5.80. The van der Waals surface area contributed by atoms with E-state index in [1.165, 1.54) is 51.5 Å². The van der Waals surface area contributed by atoms with Crippen LogP contribution in [0.3, 0.4) is 0 Å². The zero-order valence-electron chi connectivity index (χ0n) is 8.34. The molecule has 0 radical (unpaired) electrons. The fraction of sp³-hybridized carbons (Fsp3) is 0.909. The molecule has 0 aromatic carbocycles. The van der Waals surface area contributed by atoms with Gasteiger partial charge in [0, 0.05) is 25.7 Å². The second-order valence-electron chi connectivity index (χ2n) is 4.30. The minimum absolute atomic E-state index is 0.351. The van der Waals surface area contributed by atoms with Crippen molar-refractivity contribution in [1.29, 1.82) is 0 Å². The van der Waals surface area contributed by atoms with E-state index in [1.54, 1.807) is 5.71 Å². The van der Waals surface area contributed by atoms with Crippen molar-refractivity contribution < 1.29 is 9.68 Å². The van der Waals surface area contributed by atoms with Crippen LogP contribution >= 0.6 is 0 Å². The first-order valence-corrected chi connectivity index (χ1v) is 5.64. The highest BCUT2D eigenvalue weighted by Crippen LogP contribution is 2.19. The SMILES string of the molecule is OC[C@@H]1CCC[N+]1=C1CCCCC1. The molecule has 2 fully saturated rings. The maximum atomic E-state index is 9.21. The molecule has 2 aliphatic rings. The van der Waals surface area contributed by atoms with Gasteiger partial charge in [0.1, 0.15) is 13.2 Å². The Hall–Kier alpha value is -0.370. The Bertz CT molecular complexity index is 202. The molecule has 1 aliphatic carbocycles. The molecule has 0 aromatic rings. The Morgan fingerprint density at radius 2 is 1.92 bits per heavy atom. The molecule has 1 saturated heterocycles. The van der Waals surface area contributed by atoms with Crippen LogP contribution in [0.5, 0.6) is 0 Å². The van der Waals surface area contributed by atoms with Gasteiger partial charge in [0.05, 0.1) is 0 Å². The van der Waals surface area contributed by atoms with Gasteiger partial charge in [-0.3, -0.25) is 0 Å². The summed E-state index contributed by atoms with van der Waals surface area (Å²) in [5.41, 5.74) is 1.63. The zero-order chi connectivity index (χ0) is 9.10. The van der Waals surface area contributed by atoms with Gasteiger partial charge in [0.2, 0.25) is 0 Å². The lowest BCUT2D eigenvalue weighted by atomic mass is 9.98. The standard InChI is InChI=1S/C11H20NO/c13-9-11-7-4-8-12(11)10-5-2-1-3-6-10/h11,13H,1-9H2/q+1/t11-/m0/s1. The van der Waals surface area contributed by atoms with Crippen molar-refractivity contribution in [3.8, 4) is 0 Å². The molecule has 0 unspecified atom stereocenters. The second kappa shape index (κ2) is 4.23. The third kappa shape index (κ3) is 1.93. The monoisotopic (exact) mass is 182 g/mol. The molecule has 1 atom stereocenters. The van der Waals surface area contributed by atoms with Gasteiger partial charge in [0.15, 0.2) is 11.8 Å². The highest BCUT2D eigenvalue weighted by Gasteiger charge is 2.30. The molecule has 13 heavy (non-hydrogen) atoms. The first-order chi connectivity index (χ1) is 6.42. The van der Waals surface area contributed by atoms with Gasteiger partial charge in [0.25, 0.3) is 0 Å². The van der Waals surface area contributed by atoms with Gasteiger partial charge < -0.3 is 5.11 Å². The van der Waals surface area contributed by atoms with E-state index in [0.717, 1.165) is 0 Å². The van der Waals surface area contributed by atoms with Gasteiger partial charge in [-0.1, -0.05) is 6.42 Å². The van der Waals surface area contributed by atoms with E-state index in [2.05, 4.69) is 4.58 Å². The van der Waals surface area contributed by atoms with E-state index in [-0.39, 0.29) is 0 Å². The minimum Gasteiger partial charge on any atom is -0.389 e. The van der Waals surface area contributed by atoms with Gasteiger partial charge in [-0.15, -0.1) is 0 Å². The fourth-order valence-electron chi connectivity index (χ4n) is 2.69. The quantitative estimate of drug-likeness (QED) is 0.611. The molecular formula is C11H20NO+. The Balaban J connectivity index is 2.10. The van der Waals surface area contributed by atoms with Crippen LogP contribution < -0.4 is 0 Å². The molecule has 1 aliphatic heterocycles. The van der Waals surface area contributed by atoms with Crippen molar-refractivity contribution in [2.45, 2.75) is 51.0 Å². The molecule has 2 heteroatoms. The fourth-order valence-corrected chi connectivity index (χ4v) is 2.69. The summed E-state index contributed by atoms with van der Waals surface area (Å²) in [5.74, 6) is 0. The molecule has 0 bridgehead atoms.